The molecule has 0 radical (unpaired) electrons. The van der Waals surface area contributed by atoms with Crippen molar-refractivity contribution in [1.82, 2.24) is 9.88 Å². The molecule has 1 saturated heterocycles. The van der Waals surface area contributed by atoms with Crippen LogP contribution >= 0.6 is 0 Å². The highest BCUT2D eigenvalue weighted by molar-refractivity contribution is 5.62. The molecule has 0 amide bonds. The molecule has 1 aromatic heterocycles. The van der Waals surface area contributed by atoms with Crippen molar-refractivity contribution in [2.75, 3.05) is 55.7 Å². The second-order valence-electron chi connectivity index (χ2n) is 4.20. The molecule has 1 fully saturated rings. The Labute approximate surface area is 101 Å². The largest absolute Gasteiger partial charge is 0.396 e. The Kier molecular flexibility index (Phi) is 3.65. The van der Waals surface area contributed by atoms with Crippen molar-refractivity contribution in [3.8, 4) is 0 Å². The van der Waals surface area contributed by atoms with E-state index in [9.17, 15) is 0 Å². The average molecular weight is 237 g/mol. The van der Waals surface area contributed by atoms with E-state index in [-0.39, 0.29) is 6.61 Å². The van der Waals surface area contributed by atoms with E-state index in [1.807, 2.05) is 6.07 Å². The molecule has 94 valence electrons. The Morgan fingerprint density at radius 1 is 1.18 bits per heavy atom. The van der Waals surface area contributed by atoms with Crippen LogP contribution in [0.1, 0.15) is 0 Å². The number of β-amino-alcohol motifs (C(OH)–C–C–N with tert-alkyl or cyclic N) is 1. The minimum Gasteiger partial charge on any atom is -0.396 e. The third-order valence-electron chi connectivity index (χ3n) is 3.06. The zero-order valence-corrected chi connectivity index (χ0v) is 9.84. The number of rotatable bonds is 3. The monoisotopic (exact) mass is 237 g/mol. The topological polar surface area (TPSA) is 91.6 Å². The van der Waals surface area contributed by atoms with Crippen molar-refractivity contribution in [2.24, 2.45) is 0 Å². The first-order valence-corrected chi connectivity index (χ1v) is 5.81. The first kappa shape index (κ1) is 11.9. The fourth-order valence-corrected chi connectivity index (χ4v) is 1.99. The molecule has 2 heterocycles. The van der Waals surface area contributed by atoms with Crippen LogP contribution in [0, 0.1) is 0 Å². The van der Waals surface area contributed by atoms with Crippen LogP contribution in [-0.4, -0.2) is 54.3 Å². The van der Waals surface area contributed by atoms with Gasteiger partial charge in [-0.1, -0.05) is 0 Å². The summed E-state index contributed by atoms with van der Waals surface area (Å²) in [6.45, 7) is 4.63. The first-order valence-electron chi connectivity index (χ1n) is 5.81. The molecule has 2 rings (SSSR count). The van der Waals surface area contributed by atoms with Crippen LogP contribution in [0.15, 0.2) is 12.1 Å². The third-order valence-corrected chi connectivity index (χ3v) is 3.06. The van der Waals surface area contributed by atoms with Crippen LogP contribution in [0.4, 0.5) is 17.3 Å². The van der Waals surface area contributed by atoms with Gasteiger partial charge in [-0.2, -0.15) is 0 Å². The Hall–Kier alpha value is -1.53. The number of nitrogens with zero attached hydrogens (tertiary/aromatic N) is 3. The number of hydrogen-bond acceptors (Lipinski definition) is 6. The van der Waals surface area contributed by atoms with Crippen molar-refractivity contribution in [1.29, 1.82) is 0 Å². The van der Waals surface area contributed by atoms with Gasteiger partial charge in [0.25, 0.3) is 0 Å². The number of aliphatic hydroxyl groups excluding tert-OH is 1. The number of piperazine rings is 1. The summed E-state index contributed by atoms with van der Waals surface area (Å²) in [7, 11) is 0. The van der Waals surface area contributed by atoms with Crippen molar-refractivity contribution in [3.05, 3.63) is 12.1 Å². The van der Waals surface area contributed by atoms with Gasteiger partial charge in [-0.15, -0.1) is 0 Å². The zero-order chi connectivity index (χ0) is 12.3. The van der Waals surface area contributed by atoms with Crippen molar-refractivity contribution < 1.29 is 5.11 Å². The van der Waals surface area contributed by atoms with Crippen LogP contribution in [-0.2, 0) is 0 Å². The molecule has 0 spiro atoms. The molecule has 1 aliphatic rings. The van der Waals surface area contributed by atoms with Gasteiger partial charge in [0.1, 0.15) is 11.6 Å². The number of nitrogens with two attached hydrogens (primary N) is 2. The summed E-state index contributed by atoms with van der Waals surface area (Å²) >= 11 is 0. The normalized spacial score (nSPS) is 17.4. The van der Waals surface area contributed by atoms with E-state index in [2.05, 4.69) is 14.8 Å². The van der Waals surface area contributed by atoms with Gasteiger partial charge in [0.2, 0.25) is 0 Å². The molecule has 0 unspecified atom stereocenters. The maximum atomic E-state index is 8.87. The minimum atomic E-state index is 0.215. The molecule has 0 aromatic carbocycles. The molecule has 0 bridgehead atoms. The van der Waals surface area contributed by atoms with Gasteiger partial charge in [0.05, 0.1) is 12.3 Å². The highest BCUT2D eigenvalue weighted by Gasteiger charge is 2.17. The molecule has 0 aliphatic carbocycles. The van der Waals surface area contributed by atoms with E-state index < -0.39 is 0 Å². The van der Waals surface area contributed by atoms with Gasteiger partial charge >= 0.3 is 0 Å². The second-order valence-corrected chi connectivity index (χ2v) is 4.20. The zero-order valence-electron chi connectivity index (χ0n) is 9.84. The van der Waals surface area contributed by atoms with E-state index in [0.29, 0.717) is 11.5 Å². The Morgan fingerprint density at radius 3 is 2.47 bits per heavy atom. The molecular weight excluding hydrogens is 218 g/mol. The summed E-state index contributed by atoms with van der Waals surface area (Å²) in [6.07, 6.45) is 0. The molecule has 1 aromatic rings. The third kappa shape index (κ3) is 2.78. The van der Waals surface area contributed by atoms with Crippen LogP contribution in [0.25, 0.3) is 0 Å². The highest BCUT2D eigenvalue weighted by Crippen LogP contribution is 2.19. The standard InChI is InChI=1S/C11H19N5O/c12-9-1-2-10(14-11(9)13)16-5-3-15(4-6-16)7-8-17/h1-2,17H,3-8,12H2,(H2,13,14). The highest BCUT2D eigenvalue weighted by atomic mass is 16.3. The van der Waals surface area contributed by atoms with Gasteiger partial charge in [0, 0.05) is 32.7 Å². The number of aromatic nitrogens is 1. The Morgan fingerprint density at radius 2 is 1.88 bits per heavy atom. The molecule has 0 atom stereocenters. The molecular formula is C11H19N5O. The lowest BCUT2D eigenvalue weighted by Gasteiger charge is -2.35. The molecule has 1 aliphatic heterocycles. The van der Waals surface area contributed by atoms with E-state index in [1.54, 1.807) is 6.07 Å². The quantitative estimate of drug-likeness (QED) is 0.647. The maximum absolute atomic E-state index is 8.87. The summed E-state index contributed by atoms with van der Waals surface area (Å²) in [6, 6.07) is 3.69. The number of anilines is 3. The Balaban J connectivity index is 1.98. The van der Waals surface area contributed by atoms with Crippen molar-refractivity contribution >= 4 is 17.3 Å². The van der Waals surface area contributed by atoms with Gasteiger partial charge in [-0.25, -0.2) is 4.98 Å². The average Bonchev–Trinajstić information content (AvgIpc) is 2.34. The fraction of sp³-hybridized carbons (Fsp3) is 0.545. The van der Waals surface area contributed by atoms with Crippen molar-refractivity contribution in [2.45, 2.75) is 0 Å². The predicted octanol–water partition coefficient (Wildman–Crippen LogP) is -0.640. The second kappa shape index (κ2) is 5.20. The summed E-state index contributed by atoms with van der Waals surface area (Å²) in [5.74, 6) is 1.26. The van der Waals surface area contributed by atoms with Crippen molar-refractivity contribution in [3.63, 3.8) is 0 Å². The van der Waals surface area contributed by atoms with E-state index in [4.69, 9.17) is 16.6 Å². The van der Waals surface area contributed by atoms with Crippen LogP contribution < -0.4 is 16.4 Å². The maximum Gasteiger partial charge on any atom is 0.149 e. The lowest BCUT2D eigenvalue weighted by molar-refractivity contribution is 0.188. The molecule has 6 nitrogen and oxygen atoms in total. The molecule has 0 saturated carbocycles. The number of pyridine rings is 1. The Bertz CT molecular complexity index is 376. The minimum absolute atomic E-state index is 0.215. The molecule has 17 heavy (non-hydrogen) atoms. The van der Waals surface area contributed by atoms with E-state index in [0.717, 1.165) is 38.5 Å². The lowest BCUT2D eigenvalue weighted by atomic mass is 10.3. The first-order chi connectivity index (χ1) is 8.20. The summed E-state index contributed by atoms with van der Waals surface area (Å²) in [4.78, 5) is 8.70. The predicted molar refractivity (Wildman–Crippen MR) is 68.8 cm³/mol. The number of hydrogen-bond donors (Lipinski definition) is 3. The van der Waals surface area contributed by atoms with Gasteiger partial charge in [-0.3, -0.25) is 4.90 Å². The van der Waals surface area contributed by atoms with Gasteiger partial charge < -0.3 is 21.5 Å². The number of aliphatic hydroxyl groups is 1. The molecule has 5 N–H and O–H groups in total. The number of nitrogen functional groups attached to an aromatic ring is 2. The van der Waals surface area contributed by atoms with Gasteiger partial charge in [0.15, 0.2) is 0 Å². The van der Waals surface area contributed by atoms with Crippen LogP contribution in [0.2, 0.25) is 0 Å². The lowest BCUT2D eigenvalue weighted by Crippen LogP contribution is -2.47. The van der Waals surface area contributed by atoms with E-state index in [1.165, 1.54) is 0 Å². The van der Waals surface area contributed by atoms with Crippen LogP contribution in [0.5, 0.6) is 0 Å². The summed E-state index contributed by atoms with van der Waals surface area (Å²) in [5.41, 5.74) is 11.9. The smallest absolute Gasteiger partial charge is 0.149 e. The summed E-state index contributed by atoms with van der Waals surface area (Å²) in [5, 5.41) is 8.87. The summed E-state index contributed by atoms with van der Waals surface area (Å²) < 4.78 is 0. The SMILES string of the molecule is Nc1ccc(N2CCN(CCO)CC2)nc1N. The van der Waals surface area contributed by atoms with Crippen LogP contribution in [0.3, 0.4) is 0 Å². The molecule has 6 heteroatoms. The van der Waals surface area contributed by atoms with Gasteiger partial charge in [-0.05, 0) is 12.1 Å². The fourth-order valence-electron chi connectivity index (χ4n) is 1.99. The van der Waals surface area contributed by atoms with E-state index >= 15 is 0 Å².